The minimum Gasteiger partial charge on any atom is -0.382 e. The van der Waals surface area contributed by atoms with Crippen LogP contribution in [0.15, 0.2) is 29.4 Å². The van der Waals surface area contributed by atoms with Crippen molar-refractivity contribution in [3.05, 3.63) is 52.6 Å². The molecule has 8 heteroatoms. The molecule has 1 heterocycles. The predicted octanol–water partition coefficient (Wildman–Crippen LogP) is 3.41. The van der Waals surface area contributed by atoms with Crippen LogP contribution < -0.4 is 0 Å². The highest BCUT2D eigenvalue weighted by Gasteiger charge is 2.25. The molecule has 0 spiro atoms. The van der Waals surface area contributed by atoms with Crippen molar-refractivity contribution in [3.63, 3.8) is 0 Å². The Morgan fingerprint density at radius 3 is 1.97 bits per heavy atom. The van der Waals surface area contributed by atoms with E-state index in [0.717, 1.165) is 29.1 Å². The second kappa shape index (κ2) is 9.25. The lowest BCUT2D eigenvalue weighted by Gasteiger charge is -2.20. The molecule has 0 radical (unpaired) electrons. The number of carbonyl (C=O) groups is 1. The lowest BCUT2D eigenvalue weighted by molar-refractivity contribution is -0.116. The number of rotatable bonds is 8. The maximum Gasteiger partial charge on any atom is 0.188 e. The van der Waals surface area contributed by atoms with Crippen molar-refractivity contribution in [2.45, 2.75) is 70.3 Å². The molecule has 0 aliphatic rings. The number of Topliss-reactive ketones (excluding diaryl/α,β-unsaturated/α-hetero) is 1. The number of aliphatic hydroxyl groups is 1. The molecule has 0 aliphatic heterocycles. The van der Waals surface area contributed by atoms with E-state index in [1.54, 1.807) is 12.1 Å². The maximum absolute atomic E-state index is 12.8. The molecule has 166 valence electrons. The number of carbonyl (C=O) groups excluding carboxylic acids is 1. The molecule has 0 atom stereocenters. The molecular formula is C23H29N3O4S. The number of aromatic nitrogens is 2. The number of ketones is 1. The maximum atomic E-state index is 12.8. The first kappa shape index (κ1) is 24.6. The third-order valence-corrected chi connectivity index (χ3v) is 6.58. The fourth-order valence-electron chi connectivity index (χ4n) is 3.35. The van der Waals surface area contributed by atoms with E-state index in [1.165, 1.54) is 13.8 Å². The Morgan fingerprint density at radius 2 is 1.58 bits per heavy atom. The van der Waals surface area contributed by atoms with Crippen molar-refractivity contribution in [1.82, 2.24) is 9.97 Å². The van der Waals surface area contributed by atoms with Crippen LogP contribution in [0.4, 0.5) is 0 Å². The molecule has 0 unspecified atom stereocenters. The van der Waals surface area contributed by atoms with Gasteiger partial charge >= 0.3 is 0 Å². The van der Waals surface area contributed by atoms with E-state index >= 15 is 0 Å². The van der Waals surface area contributed by atoms with Crippen LogP contribution in [-0.4, -0.2) is 35.0 Å². The van der Waals surface area contributed by atoms with Gasteiger partial charge in [0.1, 0.15) is 16.2 Å². The second-order valence-corrected chi connectivity index (χ2v) is 10.8. The molecule has 0 fully saturated rings. The highest BCUT2D eigenvalue weighted by atomic mass is 32.2. The second-order valence-electron chi connectivity index (χ2n) is 8.83. The molecule has 1 aromatic heterocycles. The van der Waals surface area contributed by atoms with Crippen molar-refractivity contribution in [2.75, 3.05) is 5.75 Å². The molecule has 2 aromatic rings. The Bertz CT molecular complexity index is 1080. The van der Waals surface area contributed by atoms with Crippen molar-refractivity contribution in [3.8, 4) is 6.07 Å². The van der Waals surface area contributed by atoms with E-state index in [4.69, 9.17) is 0 Å². The molecular weight excluding hydrogens is 414 g/mol. The lowest BCUT2D eigenvalue weighted by atomic mass is 9.85. The van der Waals surface area contributed by atoms with E-state index in [2.05, 4.69) is 16.0 Å². The molecule has 7 nitrogen and oxygen atoms in total. The number of hydrogen-bond donors (Lipinski definition) is 1. The summed E-state index contributed by atoms with van der Waals surface area (Å²) in [5, 5.41) is 19.3. The molecule has 1 N–H and O–H groups in total. The quantitative estimate of drug-likeness (QED) is 0.663. The van der Waals surface area contributed by atoms with Crippen molar-refractivity contribution in [1.29, 1.82) is 5.26 Å². The van der Waals surface area contributed by atoms with E-state index in [1.807, 2.05) is 27.7 Å². The summed E-state index contributed by atoms with van der Waals surface area (Å²) >= 11 is 0. The van der Waals surface area contributed by atoms with Crippen LogP contribution in [0.5, 0.6) is 0 Å². The summed E-state index contributed by atoms with van der Waals surface area (Å²) in [6.45, 7) is 10.9. The summed E-state index contributed by atoms with van der Waals surface area (Å²) in [5.74, 6) is -0.868. The summed E-state index contributed by atoms with van der Waals surface area (Å²) in [5.41, 5.74) is 1.78. The average molecular weight is 444 g/mol. The Balaban J connectivity index is 2.34. The highest BCUT2D eigenvalue weighted by Crippen LogP contribution is 2.30. The van der Waals surface area contributed by atoms with Gasteiger partial charge in [0.05, 0.1) is 11.6 Å². The van der Waals surface area contributed by atoms with Gasteiger partial charge in [0.15, 0.2) is 21.4 Å². The summed E-state index contributed by atoms with van der Waals surface area (Å²) < 4.78 is 25.5. The molecule has 0 bridgehead atoms. The Hall–Kier alpha value is -2.63. The van der Waals surface area contributed by atoms with Gasteiger partial charge in [0.25, 0.3) is 0 Å². The van der Waals surface area contributed by atoms with Crippen LogP contribution in [0, 0.1) is 11.3 Å². The molecule has 31 heavy (non-hydrogen) atoms. The summed E-state index contributed by atoms with van der Waals surface area (Å²) in [4.78, 5) is 20.5. The van der Waals surface area contributed by atoms with Gasteiger partial charge in [-0.25, -0.2) is 18.4 Å². The zero-order valence-electron chi connectivity index (χ0n) is 18.8. The van der Waals surface area contributed by atoms with E-state index < -0.39 is 27.0 Å². The topological polar surface area (TPSA) is 121 Å². The Labute approximate surface area is 184 Å². The first-order valence-electron chi connectivity index (χ1n) is 10.1. The van der Waals surface area contributed by atoms with Crippen molar-refractivity contribution >= 4 is 15.6 Å². The molecule has 0 aliphatic carbocycles. The monoisotopic (exact) mass is 443 g/mol. The van der Waals surface area contributed by atoms with Gasteiger partial charge in [-0.2, -0.15) is 5.26 Å². The van der Waals surface area contributed by atoms with Crippen molar-refractivity contribution < 1.29 is 18.3 Å². The van der Waals surface area contributed by atoms with E-state index in [0.29, 0.717) is 5.56 Å². The summed E-state index contributed by atoms with van der Waals surface area (Å²) in [6, 6.07) is 5.71. The van der Waals surface area contributed by atoms with Crippen LogP contribution >= 0.6 is 0 Å². The Morgan fingerprint density at radius 1 is 1.10 bits per heavy atom. The molecule has 0 saturated carbocycles. The standard InChI is InChI=1S/C23H29N3O4S/c1-14(2)19-7-16(10-24)8-20(15(3)4)21(19)9-17(27)13-31(29,30)18-11-25-22(26-12-18)23(5,6)28/h7-8,11-12,14-15,28H,9,13H2,1-6H3. The van der Waals surface area contributed by atoms with Crippen LogP contribution in [-0.2, 0) is 26.7 Å². The lowest BCUT2D eigenvalue weighted by Crippen LogP contribution is -2.22. The van der Waals surface area contributed by atoms with Crippen LogP contribution in [0.2, 0.25) is 0 Å². The fraction of sp³-hybridized carbons (Fsp3) is 0.478. The van der Waals surface area contributed by atoms with Gasteiger partial charge in [-0.05, 0) is 54.5 Å². The minimum absolute atomic E-state index is 0.0332. The fourth-order valence-corrected chi connectivity index (χ4v) is 4.47. The van der Waals surface area contributed by atoms with Crippen LogP contribution in [0.3, 0.4) is 0 Å². The van der Waals surface area contributed by atoms with Gasteiger partial charge in [0.2, 0.25) is 0 Å². The molecule has 0 saturated heterocycles. The first-order chi connectivity index (χ1) is 14.3. The highest BCUT2D eigenvalue weighted by molar-refractivity contribution is 7.92. The SMILES string of the molecule is CC(C)c1cc(C#N)cc(C(C)C)c1CC(=O)CS(=O)(=O)c1cnc(C(C)(C)O)nc1. The van der Waals surface area contributed by atoms with Gasteiger partial charge in [-0.15, -0.1) is 0 Å². The van der Waals surface area contributed by atoms with Gasteiger partial charge in [0, 0.05) is 18.8 Å². The summed E-state index contributed by atoms with van der Waals surface area (Å²) in [6.07, 6.45) is 2.20. The average Bonchev–Trinajstić information content (AvgIpc) is 2.66. The normalized spacial score (nSPS) is 12.3. The van der Waals surface area contributed by atoms with Gasteiger partial charge < -0.3 is 5.11 Å². The van der Waals surface area contributed by atoms with Crippen LogP contribution in [0.1, 0.15) is 81.5 Å². The smallest absolute Gasteiger partial charge is 0.188 e. The number of hydrogen-bond acceptors (Lipinski definition) is 7. The van der Waals surface area contributed by atoms with E-state index in [9.17, 15) is 23.6 Å². The summed E-state index contributed by atoms with van der Waals surface area (Å²) in [7, 11) is -3.93. The molecule has 2 rings (SSSR count). The van der Waals surface area contributed by atoms with Crippen molar-refractivity contribution in [2.24, 2.45) is 0 Å². The predicted molar refractivity (Wildman–Crippen MR) is 117 cm³/mol. The number of benzene rings is 1. The minimum atomic E-state index is -3.93. The molecule has 1 aromatic carbocycles. The van der Waals surface area contributed by atoms with Crippen LogP contribution in [0.25, 0.3) is 0 Å². The number of nitriles is 1. The first-order valence-corrected chi connectivity index (χ1v) is 11.8. The largest absolute Gasteiger partial charge is 0.382 e. The number of sulfone groups is 1. The number of nitrogens with zero attached hydrogens (tertiary/aromatic N) is 3. The Kier molecular flexibility index (Phi) is 7.35. The third-order valence-electron chi connectivity index (χ3n) is 4.95. The van der Waals surface area contributed by atoms with Gasteiger partial charge in [-0.3, -0.25) is 4.79 Å². The zero-order valence-corrected chi connectivity index (χ0v) is 19.6. The zero-order chi connectivity index (χ0) is 23.6. The van der Waals surface area contributed by atoms with E-state index in [-0.39, 0.29) is 29.0 Å². The van der Waals surface area contributed by atoms with Gasteiger partial charge in [-0.1, -0.05) is 27.7 Å². The molecule has 0 amide bonds. The third kappa shape index (κ3) is 5.96.